The third-order valence-electron chi connectivity index (χ3n) is 6.93. The summed E-state index contributed by atoms with van der Waals surface area (Å²) in [5, 5.41) is 9.00. The highest BCUT2D eigenvalue weighted by Crippen LogP contribution is 2.38. The molecule has 0 bridgehead atoms. The first-order valence-corrected chi connectivity index (χ1v) is 11.4. The highest BCUT2D eigenvalue weighted by atomic mass is 16.5. The lowest BCUT2D eigenvalue weighted by Gasteiger charge is -2.29. The molecule has 2 aliphatic carbocycles. The van der Waals surface area contributed by atoms with Crippen molar-refractivity contribution in [2.75, 3.05) is 6.61 Å². The number of rotatable bonds is 8. The van der Waals surface area contributed by atoms with Gasteiger partial charge in [-0.15, -0.1) is 0 Å². The zero-order chi connectivity index (χ0) is 18.9. The molecule has 1 aromatic carbocycles. The van der Waals surface area contributed by atoms with Crippen LogP contribution in [0.2, 0.25) is 0 Å². The SMILES string of the molecule is CCCCCC1CCC(c2ccc(OC[C@H]3CC[C@H](C#N)CC3)cc2)CC1. The predicted molar refractivity (Wildman–Crippen MR) is 112 cm³/mol. The zero-order valence-electron chi connectivity index (χ0n) is 17.2. The van der Waals surface area contributed by atoms with Gasteiger partial charge in [0.15, 0.2) is 0 Å². The first kappa shape index (κ1) is 20.2. The second-order valence-corrected chi connectivity index (χ2v) is 8.94. The second-order valence-electron chi connectivity index (χ2n) is 8.94. The van der Waals surface area contributed by atoms with E-state index in [0.717, 1.165) is 49.9 Å². The minimum atomic E-state index is 0.280. The smallest absolute Gasteiger partial charge is 0.119 e. The van der Waals surface area contributed by atoms with Gasteiger partial charge < -0.3 is 4.74 Å². The zero-order valence-corrected chi connectivity index (χ0v) is 17.2. The summed E-state index contributed by atoms with van der Waals surface area (Å²) in [7, 11) is 0. The summed E-state index contributed by atoms with van der Waals surface area (Å²) in [5.74, 6) is 3.64. The van der Waals surface area contributed by atoms with Crippen LogP contribution in [0.5, 0.6) is 5.75 Å². The van der Waals surface area contributed by atoms with Crippen molar-refractivity contribution in [3.8, 4) is 11.8 Å². The predicted octanol–water partition coefficient (Wildman–Crippen LogP) is 7.25. The molecule has 2 aliphatic rings. The van der Waals surface area contributed by atoms with Gasteiger partial charge in [0.1, 0.15) is 5.75 Å². The first-order valence-electron chi connectivity index (χ1n) is 11.4. The molecule has 148 valence electrons. The number of hydrogen-bond acceptors (Lipinski definition) is 2. The molecule has 2 nitrogen and oxygen atoms in total. The van der Waals surface area contributed by atoms with Gasteiger partial charge in [-0.25, -0.2) is 0 Å². The van der Waals surface area contributed by atoms with Gasteiger partial charge in [0, 0.05) is 5.92 Å². The van der Waals surface area contributed by atoms with E-state index in [1.54, 1.807) is 0 Å². The van der Waals surface area contributed by atoms with Crippen LogP contribution in [-0.2, 0) is 0 Å². The minimum absolute atomic E-state index is 0.280. The fourth-order valence-corrected chi connectivity index (χ4v) is 4.98. The summed E-state index contributed by atoms with van der Waals surface area (Å²) in [5.41, 5.74) is 1.50. The van der Waals surface area contributed by atoms with Gasteiger partial charge in [0.05, 0.1) is 12.7 Å². The van der Waals surface area contributed by atoms with Crippen LogP contribution in [-0.4, -0.2) is 6.61 Å². The molecular formula is C25H37NO. The summed E-state index contributed by atoms with van der Waals surface area (Å²) < 4.78 is 6.05. The van der Waals surface area contributed by atoms with Gasteiger partial charge in [-0.2, -0.15) is 5.26 Å². The van der Waals surface area contributed by atoms with E-state index >= 15 is 0 Å². The molecule has 0 radical (unpaired) electrons. The molecule has 2 saturated carbocycles. The lowest BCUT2D eigenvalue weighted by Crippen LogP contribution is -2.19. The van der Waals surface area contributed by atoms with Crippen molar-refractivity contribution in [3.05, 3.63) is 29.8 Å². The molecule has 3 rings (SSSR count). The molecule has 2 heteroatoms. The minimum Gasteiger partial charge on any atom is -0.493 e. The van der Waals surface area contributed by atoms with Crippen LogP contribution in [0.3, 0.4) is 0 Å². The molecule has 0 heterocycles. The Hall–Kier alpha value is -1.49. The van der Waals surface area contributed by atoms with Gasteiger partial charge in [0.2, 0.25) is 0 Å². The number of unbranched alkanes of at least 4 members (excludes halogenated alkanes) is 2. The third kappa shape index (κ3) is 6.27. The fourth-order valence-electron chi connectivity index (χ4n) is 4.98. The quantitative estimate of drug-likeness (QED) is 0.453. The normalized spacial score (nSPS) is 28.4. The Labute approximate surface area is 166 Å². The molecule has 0 N–H and O–H groups in total. The monoisotopic (exact) mass is 367 g/mol. The van der Waals surface area contributed by atoms with Crippen LogP contribution in [0.25, 0.3) is 0 Å². The Morgan fingerprint density at radius 2 is 1.56 bits per heavy atom. The van der Waals surface area contributed by atoms with Gasteiger partial charge in [0.25, 0.3) is 0 Å². The lowest BCUT2D eigenvalue weighted by atomic mass is 9.77. The van der Waals surface area contributed by atoms with E-state index < -0.39 is 0 Å². The number of benzene rings is 1. The standard InChI is InChI=1S/C25H37NO/c1-2-3-4-5-20-10-12-23(13-11-20)24-14-16-25(17-15-24)27-19-22-8-6-21(18-26)7-9-22/h14-17,20-23H,2-13,19H2,1H3/t20?,21-,22-,23?. The van der Waals surface area contributed by atoms with E-state index in [1.807, 2.05) is 0 Å². The molecule has 0 amide bonds. The van der Waals surface area contributed by atoms with Crippen LogP contribution >= 0.6 is 0 Å². The Morgan fingerprint density at radius 3 is 2.19 bits per heavy atom. The second kappa shape index (κ2) is 10.7. The molecule has 0 aliphatic heterocycles. The Bertz CT molecular complexity index is 571. The fraction of sp³-hybridized carbons (Fsp3) is 0.720. The number of ether oxygens (including phenoxy) is 1. The third-order valence-corrected chi connectivity index (χ3v) is 6.93. The van der Waals surface area contributed by atoms with Gasteiger partial charge >= 0.3 is 0 Å². The molecule has 2 fully saturated rings. The van der Waals surface area contributed by atoms with E-state index in [0.29, 0.717) is 5.92 Å². The first-order chi connectivity index (χ1) is 13.3. The van der Waals surface area contributed by atoms with Crippen LogP contribution in [0, 0.1) is 29.1 Å². The molecule has 0 atom stereocenters. The summed E-state index contributed by atoms with van der Waals surface area (Å²) in [6, 6.07) is 11.3. The van der Waals surface area contributed by atoms with Gasteiger partial charge in [-0.1, -0.05) is 44.7 Å². The van der Waals surface area contributed by atoms with Crippen molar-refractivity contribution in [2.45, 2.75) is 89.9 Å². The molecule has 27 heavy (non-hydrogen) atoms. The topological polar surface area (TPSA) is 33.0 Å². The molecule has 0 aromatic heterocycles. The average molecular weight is 368 g/mol. The lowest BCUT2D eigenvalue weighted by molar-refractivity contribution is 0.196. The Morgan fingerprint density at radius 1 is 0.889 bits per heavy atom. The summed E-state index contributed by atoms with van der Waals surface area (Å²) in [6.07, 6.45) is 15.5. The van der Waals surface area contributed by atoms with E-state index in [9.17, 15) is 0 Å². The maximum absolute atomic E-state index is 9.00. The molecule has 0 spiro atoms. The maximum atomic E-state index is 9.00. The Kier molecular flexibility index (Phi) is 8.06. The van der Waals surface area contributed by atoms with Gasteiger partial charge in [-0.05, 0) is 86.8 Å². The van der Waals surface area contributed by atoms with Crippen LogP contribution < -0.4 is 4.74 Å². The summed E-state index contributed by atoms with van der Waals surface area (Å²) >= 11 is 0. The van der Waals surface area contributed by atoms with Crippen molar-refractivity contribution in [1.29, 1.82) is 5.26 Å². The highest BCUT2D eigenvalue weighted by molar-refractivity contribution is 5.29. The number of nitrogens with zero attached hydrogens (tertiary/aromatic N) is 1. The average Bonchev–Trinajstić information content (AvgIpc) is 2.74. The van der Waals surface area contributed by atoms with Crippen molar-refractivity contribution in [1.82, 2.24) is 0 Å². The van der Waals surface area contributed by atoms with Crippen molar-refractivity contribution in [3.63, 3.8) is 0 Å². The van der Waals surface area contributed by atoms with E-state index in [4.69, 9.17) is 10.00 Å². The maximum Gasteiger partial charge on any atom is 0.119 e. The van der Waals surface area contributed by atoms with Crippen LogP contribution in [0.15, 0.2) is 24.3 Å². The van der Waals surface area contributed by atoms with Crippen molar-refractivity contribution >= 4 is 0 Å². The van der Waals surface area contributed by atoms with Crippen LogP contribution in [0.4, 0.5) is 0 Å². The Balaban J connectivity index is 1.38. The van der Waals surface area contributed by atoms with Gasteiger partial charge in [-0.3, -0.25) is 0 Å². The molecule has 0 saturated heterocycles. The summed E-state index contributed by atoms with van der Waals surface area (Å²) in [6.45, 7) is 3.10. The van der Waals surface area contributed by atoms with Crippen molar-refractivity contribution < 1.29 is 4.74 Å². The molecule has 0 unspecified atom stereocenters. The van der Waals surface area contributed by atoms with Crippen LogP contribution in [0.1, 0.15) is 95.5 Å². The largest absolute Gasteiger partial charge is 0.493 e. The molecule has 1 aromatic rings. The summed E-state index contributed by atoms with van der Waals surface area (Å²) in [4.78, 5) is 0. The number of nitriles is 1. The van der Waals surface area contributed by atoms with E-state index in [-0.39, 0.29) is 5.92 Å². The van der Waals surface area contributed by atoms with E-state index in [2.05, 4.69) is 37.3 Å². The van der Waals surface area contributed by atoms with E-state index in [1.165, 1.54) is 56.9 Å². The molecular weight excluding hydrogens is 330 g/mol. The highest BCUT2D eigenvalue weighted by Gasteiger charge is 2.23. The number of hydrogen-bond donors (Lipinski definition) is 0. The van der Waals surface area contributed by atoms with Crippen molar-refractivity contribution in [2.24, 2.45) is 17.8 Å².